The maximum atomic E-state index is 13.9. The van der Waals surface area contributed by atoms with Gasteiger partial charge in [0.05, 0.1) is 70.8 Å². The van der Waals surface area contributed by atoms with E-state index in [2.05, 4.69) is 20.6 Å². The molecule has 1 aliphatic heterocycles. The van der Waals surface area contributed by atoms with Crippen LogP contribution in [0.5, 0.6) is 0 Å². The van der Waals surface area contributed by atoms with Crippen molar-refractivity contribution in [2.45, 2.75) is 26.1 Å². The summed E-state index contributed by atoms with van der Waals surface area (Å²) in [6.07, 6.45) is 5.07. The lowest BCUT2D eigenvalue weighted by Gasteiger charge is -2.28. The predicted octanol–water partition coefficient (Wildman–Crippen LogP) is 1.85. The van der Waals surface area contributed by atoms with Crippen LogP contribution in [0.1, 0.15) is 28.4 Å². The maximum absolute atomic E-state index is 13.9. The highest BCUT2D eigenvalue weighted by molar-refractivity contribution is 6.03. The van der Waals surface area contributed by atoms with E-state index in [0.29, 0.717) is 67.9 Å². The Morgan fingerprint density at radius 3 is 2.59 bits per heavy atom. The Morgan fingerprint density at radius 2 is 1.85 bits per heavy atom. The Kier molecular flexibility index (Phi) is 11.0. The Bertz CT molecular complexity index is 1360. The van der Waals surface area contributed by atoms with Gasteiger partial charge in [-0.05, 0) is 42.3 Å². The van der Waals surface area contributed by atoms with E-state index in [0.717, 1.165) is 5.56 Å². The first-order valence-corrected chi connectivity index (χ1v) is 13.1. The Labute approximate surface area is 237 Å². The number of aliphatic imine (C=N–C) groups is 1. The molecule has 3 aromatic rings. The van der Waals surface area contributed by atoms with Crippen LogP contribution in [0.3, 0.4) is 0 Å². The van der Waals surface area contributed by atoms with Gasteiger partial charge in [0, 0.05) is 24.5 Å². The van der Waals surface area contributed by atoms with E-state index in [1.165, 1.54) is 19.2 Å². The SMILES string of the molecule is COC(=O)C1=C(COCc2cn(CCOCCOCCN)nn2)NC(c2ccncc2)=NC1c1ccc(F)cc1C. The lowest BCUT2D eigenvalue weighted by Crippen LogP contribution is -2.35. The van der Waals surface area contributed by atoms with E-state index in [4.69, 9.17) is 29.7 Å². The molecule has 0 fully saturated rings. The summed E-state index contributed by atoms with van der Waals surface area (Å²) in [5.41, 5.74) is 8.84. The molecule has 1 aromatic carbocycles. The lowest BCUT2D eigenvalue weighted by molar-refractivity contribution is -0.136. The molecule has 218 valence electrons. The molecule has 13 heteroatoms. The molecule has 1 aliphatic rings. The molecule has 12 nitrogen and oxygen atoms in total. The van der Waals surface area contributed by atoms with Gasteiger partial charge in [0.1, 0.15) is 23.4 Å². The molecule has 0 amide bonds. The number of rotatable bonds is 15. The molecule has 0 spiro atoms. The van der Waals surface area contributed by atoms with Gasteiger partial charge in [-0.15, -0.1) is 5.10 Å². The minimum Gasteiger partial charge on any atom is -0.466 e. The van der Waals surface area contributed by atoms with Crippen molar-refractivity contribution in [2.75, 3.05) is 46.7 Å². The third kappa shape index (κ3) is 8.24. The summed E-state index contributed by atoms with van der Waals surface area (Å²) in [6.45, 7) is 4.88. The van der Waals surface area contributed by atoms with Gasteiger partial charge in [-0.1, -0.05) is 11.3 Å². The van der Waals surface area contributed by atoms with Crippen molar-refractivity contribution >= 4 is 11.8 Å². The van der Waals surface area contributed by atoms with Gasteiger partial charge in [-0.25, -0.2) is 13.9 Å². The van der Waals surface area contributed by atoms with Gasteiger partial charge in [0.2, 0.25) is 0 Å². The predicted molar refractivity (Wildman–Crippen MR) is 147 cm³/mol. The second-order valence-corrected chi connectivity index (χ2v) is 9.11. The molecule has 1 atom stereocenters. The van der Waals surface area contributed by atoms with E-state index < -0.39 is 12.0 Å². The summed E-state index contributed by atoms with van der Waals surface area (Å²) in [6, 6.07) is 7.25. The van der Waals surface area contributed by atoms with Gasteiger partial charge in [-0.2, -0.15) is 0 Å². The number of aromatic nitrogens is 4. The third-order valence-corrected chi connectivity index (χ3v) is 6.19. The number of benzene rings is 1. The van der Waals surface area contributed by atoms with E-state index >= 15 is 0 Å². The Hall–Kier alpha value is -4.04. The van der Waals surface area contributed by atoms with E-state index in [9.17, 15) is 9.18 Å². The first-order valence-electron chi connectivity index (χ1n) is 13.1. The molecule has 0 bridgehead atoms. The zero-order valence-corrected chi connectivity index (χ0v) is 23.1. The first kappa shape index (κ1) is 29.9. The number of methoxy groups -OCH3 is 1. The number of carbonyl (C=O) groups excluding carboxylic acids is 1. The van der Waals surface area contributed by atoms with E-state index in [1.807, 2.05) is 0 Å². The quantitative estimate of drug-likeness (QED) is 0.206. The van der Waals surface area contributed by atoms with Crippen molar-refractivity contribution in [3.8, 4) is 0 Å². The van der Waals surface area contributed by atoms with Crippen molar-refractivity contribution in [3.05, 3.63) is 88.4 Å². The van der Waals surface area contributed by atoms with Crippen LogP contribution in [-0.2, 0) is 36.9 Å². The first-order chi connectivity index (χ1) is 20.0. The number of esters is 1. The highest BCUT2D eigenvalue weighted by Crippen LogP contribution is 2.34. The molecule has 0 saturated heterocycles. The van der Waals surface area contributed by atoms with Crippen LogP contribution in [0.25, 0.3) is 0 Å². The van der Waals surface area contributed by atoms with Crippen LogP contribution in [0.15, 0.2) is 65.2 Å². The Balaban J connectivity index is 1.47. The van der Waals surface area contributed by atoms with Crippen LogP contribution in [-0.4, -0.2) is 78.5 Å². The zero-order chi connectivity index (χ0) is 29.0. The van der Waals surface area contributed by atoms with Gasteiger partial charge >= 0.3 is 5.97 Å². The van der Waals surface area contributed by atoms with Crippen LogP contribution in [0, 0.1) is 12.7 Å². The monoisotopic (exact) mass is 567 g/mol. The van der Waals surface area contributed by atoms with Gasteiger partial charge in [-0.3, -0.25) is 9.98 Å². The molecule has 0 aliphatic carbocycles. The standard InChI is InChI=1S/C28H34FN7O5/c1-19-15-21(29)3-4-23(19)26-25(28(37)38-2)24(32-27(33-26)20-5-8-31-9-6-20)18-41-17-22-16-36(35-34-22)10-12-40-14-13-39-11-7-30/h3-6,8-9,15-16,26H,7,10-14,17-18,30H2,1-2H3,(H,32,33). The number of nitrogens with zero attached hydrogens (tertiary/aromatic N) is 5. The van der Waals surface area contributed by atoms with E-state index in [-0.39, 0.29) is 24.6 Å². The number of nitrogens with one attached hydrogen (secondary N) is 1. The largest absolute Gasteiger partial charge is 0.466 e. The maximum Gasteiger partial charge on any atom is 0.338 e. The molecule has 3 heterocycles. The molecule has 1 unspecified atom stereocenters. The van der Waals surface area contributed by atoms with Crippen LogP contribution in [0.4, 0.5) is 4.39 Å². The number of aryl methyl sites for hydroxylation is 1. The third-order valence-electron chi connectivity index (χ3n) is 6.19. The summed E-state index contributed by atoms with van der Waals surface area (Å²) in [4.78, 5) is 21.9. The number of carbonyl (C=O) groups is 1. The highest BCUT2D eigenvalue weighted by atomic mass is 19.1. The second-order valence-electron chi connectivity index (χ2n) is 9.11. The minimum atomic E-state index is -0.743. The topological polar surface area (TPSA) is 148 Å². The van der Waals surface area contributed by atoms with E-state index in [1.54, 1.807) is 48.4 Å². The molecular formula is C28H34FN7O5. The lowest BCUT2D eigenvalue weighted by atomic mass is 9.92. The molecule has 3 N–H and O–H groups in total. The fourth-order valence-electron chi connectivity index (χ4n) is 4.22. The molecule has 4 rings (SSSR count). The number of amidine groups is 1. The minimum absolute atomic E-state index is 0.0318. The summed E-state index contributed by atoms with van der Waals surface area (Å²) in [7, 11) is 1.31. The van der Waals surface area contributed by atoms with Crippen molar-refractivity contribution in [1.82, 2.24) is 25.3 Å². The van der Waals surface area contributed by atoms with Crippen molar-refractivity contribution in [2.24, 2.45) is 10.7 Å². The second kappa shape index (κ2) is 15.1. The average molecular weight is 568 g/mol. The summed E-state index contributed by atoms with van der Waals surface area (Å²) in [5.74, 6) is -0.421. The molecule has 0 radical (unpaired) electrons. The fourth-order valence-corrected chi connectivity index (χ4v) is 4.22. The molecule has 0 saturated carbocycles. The zero-order valence-electron chi connectivity index (χ0n) is 23.1. The number of pyridine rings is 1. The van der Waals surface area contributed by atoms with Gasteiger partial charge < -0.3 is 30.0 Å². The van der Waals surface area contributed by atoms with Gasteiger partial charge in [0.25, 0.3) is 0 Å². The van der Waals surface area contributed by atoms with Crippen molar-refractivity contribution in [3.63, 3.8) is 0 Å². The van der Waals surface area contributed by atoms with Crippen LogP contribution in [0.2, 0.25) is 0 Å². The van der Waals surface area contributed by atoms with Crippen molar-refractivity contribution in [1.29, 1.82) is 0 Å². The number of ether oxygens (including phenoxy) is 4. The smallest absolute Gasteiger partial charge is 0.338 e. The number of halogens is 1. The summed E-state index contributed by atoms with van der Waals surface area (Å²) in [5, 5.41) is 11.5. The van der Waals surface area contributed by atoms with Gasteiger partial charge in [0.15, 0.2) is 0 Å². The number of hydrogen-bond acceptors (Lipinski definition) is 11. The average Bonchev–Trinajstić information content (AvgIpc) is 3.44. The molecular weight excluding hydrogens is 533 g/mol. The number of hydrogen-bond donors (Lipinski definition) is 2. The molecule has 2 aromatic heterocycles. The summed E-state index contributed by atoms with van der Waals surface area (Å²) >= 11 is 0. The normalized spacial score (nSPS) is 15.0. The molecule has 41 heavy (non-hydrogen) atoms. The fraction of sp³-hybridized carbons (Fsp3) is 0.393. The van der Waals surface area contributed by atoms with Crippen LogP contribution < -0.4 is 11.1 Å². The van der Waals surface area contributed by atoms with Crippen LogP contribution >= 0.6 is 0 Å². The number of nitrogens with two attached hydrogens (primary N) is 1. The van der Waals surface area contributed by atoms with Crippen molar-refractivity contribution < 1.29 is 28.1 Å². The highest BCUT2D eigenvalue weighted by Gasteiger charge is 2.33. The Morgan fingerprint density at radius 1 is 1.07 bits per heavy atom. The summed E-state index contributed by atoms with van der Waals surface area (Å²) < 4.78 is 37.5.